The van der Waals surface area contributed by atoms with Crippen LogP contribution in [0.2, 0.25) is 5.02 Å². The average Bonchev–Trinajstić information content (AvgIpc) is 2.76. The number of benzene rings is 1. The molecule has 5 heteroatoms. The van der Waals surface area contributed by atoms with Gasteiger partial charge in [-0.05, 0) is 43.2 Å². The van der Waals surface area contributed by atoms with E-state index in [-0.39, 0.29) is 24.2 Å². The summed E-state index contributed by atoms with van der Waals surface area (Å²) in [6.45, 7) is 1.83. The molecule has 4 nitrogen and oxygen atoms in total. The normalized spacial score (nSPS) is 18.1. The summed E-state index contributed by atoms with van der Waals surface area (Å²) in [5.74, 6) is -0.301. The van der Waals surface area contributed by atoms with Crippen LogP contribution in [0.25, 0.3) is 0 Å². The van der Waals surface area contributed by atoms with Crippen molar-refractivity contribution in [2.24, 2.45) is 5.92 Å². The van der Waals surface area contributed by atoms with Crippen LogP contribution in [-0.4, -0.2) is 16.8 Å². The zero-order valence-corrected chi connectivity index (χ0v) is 12.9. The molecule has 0 bridgehead atoms. The molecule has 2 aromatic rings. The fraction of sp³-hybridized carbons (Fsp3) is 0.235. The maximum absolute atomic E-state index is 12.5. The summed E-state index contributed by atoms with van der Waals surface area (Å²) in [6.07, 6.45) is 0.751. The summed E-state index contributed by atoms with van der Waals surface area (Å²) in [5.41, 5.74) is 1.77. The third-order valence-corrected chi connectivity index (χ3v) is 3.99. The zero-order chi connectivity index (χ0) is 15.7. The average molecular weight is 315 g/mol. The van der Waals surface area contributed by atoms with Gasteiger partial charge in [0.05, 0.1) is 5.92 Å². The summed E-state index contributed by atoms with van der Waals surface area (Å²) in [5, 5.41) is 0.656. The van der Waals surface area contributed by atoms with Crippen molar-refractivity contribution in [1.82, 2.24) is 4.98 Å². The van der Waals surface area contributed by atoms with Crippen molar-refractivity contribution < 1.29 is 9.59 Å². The van der Waals surface area contributed by atoms with E-state index in [0.717, 1.165) is 11.3 Å². The molecule has 2 heterocycles. The topological polar surface area (TPSA) is 50.3 Å². The van der Waals surface area contributed by atoms with Crippen LogP contribution in [-0.2, 0) is 16.0 Å². The minimum Gasteiger partial charge on any atom is -0.274 e. The Labute approximate surface area is 133 Å². The van der Waals surface area contributed by atoms with Crippen LogP contribution in [0, 0.1) is 12.8 Å². The molecule has 1 fully saturated rings. The van der Waals surface area contributed by atoms with Gasteiger partial charge in [0.15, 0.2) is 0 Å². The number of hydrogen-bond donors (Lipinski definition) is 0. The Bertz CT molecular complexity index is 728. The van der Waals surface area contributed by atoms with Crippen LogP contribution in [0.15, 0.2) is 42.5 Å². The minimum atomic E-state index is -0.337. The monoisotopic (exact) mass is 314 g/mol. The standard InChI is InChI=1S/C17H15ClN2O2/c1-11-3-2-4-15(19-11)20-16(21)10-13(17(20)22)9-12-5-7-14(18)8-6-12/h2-8,13H,9-10H2,1H3/t13-/m0/s1. The van der Waals surface area contributed by atoms with Crippen molar-refractivity contribution in [3.63, 3.8) is 0 Å². The Morgan fingerprint density at radius 2 is 1.91 bits per heavy atom. The Hall–Kier alpha value is -2.20. The van der Waals surface area contributed by atoms with Crippen molar-refractivity contribution in [2.45, 2.75) is 19.8 Å². The first kappa shape index (κ1) is 14.7. The molecule has 112 valence electrons. The molecule has 0 spiro atoms. The molecular weight excluding hydrogens is 300 g/mol. The van der Waals surface area contributed by atoms with Gasteiger partial charge >= 0.3 is 0 Å². The number of rotatable bonds is 3. The van der Waals surface area contributed by atoms with E-state index in [1.807, 2.05) is 25.1 Å². The van der Waals surface area contributed by atoms with Gasteiger partial charge in [-0.25, -0.2) is 9.88 Å². The summed E-state index contributed by atoms with van der Waals surface area (Å²) in [7, 11) is 0. The van der Waals surface area contributed by atoms with Gasteiger partial charge in [-0.1, -0.05) is 29.8 Å². The van der Waals surface area contributed by atoms with Crippen LogP contribution >= 0.6 is 11.6 Å². The molecule has 0 unspecified atom stereocenters. The zero-order valence-electron chi connectivity index (χ0n) is 12.1. The van der Waals surface area contributed by atoms with Crippen LogP contribution in [0.3, 0.4) is 0 Å². The molecule has 0 aliphatic carbocycles. The predicted molar refractivity (Wildman–Crippen MR) is 84.7 cm³/mol. The number of aryl methyl sites for hydroxylation is 1. The van der Waals surface area contributed by atoms with Gasteiger partial charge in [0, 0.05) is 17.1 Å². The first-order valence-electron chi connectivity index (χ1n) is 7.09. The number of carbonyl (C=O) groups is 2. The number of pyridine rings is 1. The molecule has 2 amide bonds. The van der Waals surface area contributed by atoms with E-state index >= 15 is 0 Å². The van der Waals surface area contributed by atoms with E-state index in [4.69, 9.17) is 11.6 Å². The number of nitrogens with zero attached hydrogens (tertiary/aromatic N) is 2. The number of carbonyl (C=O) groups excluding carboxylic acids is 2. The van der Waals surface area contributed by atoms with Crippen LogP contribution in [0.4, 0.5) is 5.82 Å². The number of anilines is 1. The van der Waals surface area contributed by atoms with Crippen molar-refractivity contribution in [3.05, 3.63) is 58.7 Å². The van der Waals surface area contributed by atoms with E-state index in [2.05, 4.69) is 4.98 Å². The number of halogens is 1. The second kappa shape index (κ2) is 5.89. The molecule has 22 heavy (non-hydrogen) atoms. The number of imide groups is 1. The molecule has 1 aromatic carbocycles. The Kier molecular flexibility index (Phi) is 3.94. The first-order chi connectivity index (χ1) is 10.5. The Morgan fingerprint density at radius 1 is 1.18 bits per heavy atom. The number of amides is 2. The van der Waals surface area contributed by atoms with Crippen LogP contribution in [0.5, 0.6) is 0 Å². The lowest BCUT2D eigenvalue weighted by Gasteiger charge is -2.14. The lowest BCUT2D eigenvalue weighted by Crippen LogP contribution is -2.31. The highest BCUT2D eigenvalue weighted by atomic mass is 35.5. The van der Waals surface area contributed by atoms with Gasteiger partial charge in [0.1, 0.15) is 5.82 Å². The SMILES string of the molecule is Cc1cccc(N2C(=O)C[C@H](Cc3ccc(Cl)cc3)C2=O)n1. The van der Waals surface area contributed by atoms with Gasteiger partial charge in [0.25, 0.3) is 0 Å². The van der Waals surface area contributed by atoms with E-state index in [0.29, 0.717) is 17.3 Å². The fourth-order valence-corrected chi connectivity index (χ4v) is 2.78. The van der Waals surface area contributed by atoms with Gasteiger partial charge in [0.2, 0.25) is 11.8 Å². The van der Waals surface area contributed by atoms with Crippen molar-refractivity contribution in [1.29, 1.82) is 0 Å². The first-order valence-corrected chi connectivity index (χ1v) is 7.47. The largest absolute Gasteiger partial charge is 0.274 e. The Balaban J connectivity index is 1.81. The quantitative estimate of drug-likeness (QED) is 0.818. The second-order valence-electron chi connectivity index (χ2n) is 5.44. The summed E-state index contributed by atoms with van der Waals surface area (Å²) < 4.78 is 0. The third kappa shape index (κ3) is 2.88. The van der Waals surface area contributed by atoms with E-state index < -0.39 is 0 Å². The molecule has 1 saturated heterocycles. The molecule has 1 aromatic heterocycles. The molecule has 1 atom stereocenters. The highest BCUT2D eigenvalue weighted by Crippen LogP contribution is 2.28. The van der Waals surface area contributed by atoms with Crippen LogP contribution in [0.1, 0.15) is 17.7 Å². The lowest BCUT2D eigenvalue weighted by molar-refractivity contribution is -0.122. The van der Waals surface area contributed by atoms with E-state index in [9.17, 15) is 9.59 Å². The predicted octanol–water partition coefficient (Wildman–Crippen LogP) is 3.17. The highest BCUT2D eigenvalue weighted by molar-refractivity contribution is 6.30. The molecule has 0 saturated carbocycles. The number of aromatic nitrogens is 1. The third-order valence-electron chi connectivity index (χ3n) is 3.74. The van der Waals surface area contributed by atoms with Gasteiger partial charge < -0.3 is 0 Å². The van der Waals surface area contributed by atoms with Crippen LogP contribution < -0.4 is 4.90 Å². The summed E-state index contributed by atoms with van der Waals surface area (Å²) in [4.78, 5) is 30.2. The van der Waals surface area contributed by atoms with Crippen molar-refractivity contribution in [3.8, 4) is 0 Å². The van der Waals surface area contributed by atoms with Crippen molar-refractivity contribution in [2.75, 3.05) is 4.90 Å². The van der Waals surface area contributed by atoms with Crippen molar-refractivity contribution >= 4 is 29.2 Å². The van der Waals surface area contributed by atoms with Gasteiger partial charge in [-0.3, -0.25) is 9.59 Å². The molecular formula is C17H15ClN2O2. The maximum atomic E-state index is 12.5. The van der Waals surface area contributed by atoms with Gasteiger partial charge in [-0.2, -0.15) is 0 Å². The minimum absolute atomic E-state index is 0.182. The maximum Gasteiger partial charge on any atom is 0.238 e. The van der Waals surface area contributed by atoms with E-state index in [1.165, 1.54) is 4.90 Å². The lowest BCUT2D eigenvalue weighted by atomic mass is 9.98. The molecule has 3 rings (SSSR count). The number of hydrogen-bond acceptors (Lipinski definition) is 3. The van der Waals surface area contributed by atoms with Gasteiger partial charge in [-0.15, -0.1) is 0 Å². The smallest absolute Gasteiger partial charge is 0.238 e. The molecule has 0 N–H and O–H groups in total. The molecule has 0 radical (unpaired) electrons. The van der Waals surface area contributed by atoms with E-state index in [1.54, 1.807) is 24.3 Å². The highest BCUT2D eigenvalue weighted by Gasteiger charge is 2.40. The molecule has 1 aliphatic rings. The second-order valence-corrected chi connectivity index (χ2v) is 5.87. The summed E-state index contributed by atoms with van der Waals surface area (Å²) >= 11 is 5.86. The summed E-state index contributed by atoms with van der Waals surface area (Å²) in [6, 6.07) is 12.7. The molecule has 1 aliphatic heterocycles. The Morgan fingerprint density at radius 3 is 2.59 bits per heavy atom. The fourth-order valence-electron chi connectivity index (χ4n) is 2.65.